The molecule has 4 nitrogen and oxygen atoms in total. The molecule has 0 saturated carbocycles. The van der Waals surface area contributed by atoms with Gasteiger partial charge in [-0.15, -0.1) is 0 Å². The molecule has 2 aromatic rings. The van der Waals surface area contributed by atoms with E-state index < -0.39 is 0 Å². The normalized spacial score (nSPS) is 10.7. The van der Waals surface area contributed by atoms with Crippen LogP contribution in [0.4, 0.5) is 17.1 Å². The van der Waals surface area contributed by atoms with E-state index >= 15 is 0 Å². The van der Waals surface area contributed by atoms with Crippen LogP contribution in [-0.2, 0) is 4.74 Å². The van der Waals surface area contributed by atoms with E-state index in [-0.39, 0.29) is 0 Å². The molecule has 0 aliphatic heterocycles. The van der Waals surface area contributed by atoms with Crippen molar-refractivity contribution >= 4 is 17.1 Å². The lowest BCUT2D eigenvalue weighted by Crippen LogP contribution is -2.02. The fourth-order valence-electron chi connectivity index (χ4n) is 1.44. The minimum absolute atomic E-state index is 0.472. The van der Waals surface area contributed by atoms with E-state index in [2.05, 4.69) is 15.5 Å². The van der Waals surface area contributed by atoms with Crippen LogP contribution in [0.2, 0.25) is 0 Å². The van der Waals surface area contributed by atoms with Crippen LogP contribution in [0.1, 0.15) is 0 Å². The Hall–Kier alpha value is -2.20. The third-order valence-corrected chi connectivity index (χ3v) is 2.30. The summed E-state index contributed by atoms with van der Waals surface area (Å²) in [4.78, 5) is 0. The topological polar surface area (TPSA) is 46.0 Å². The molecular weight excluding hydrogens is 226 g/mol. The van der Waals surface area contributed by atoms with Crippen LogP contribution in [0.15, 0.2) is 64.8 Å². The first-order valence-electron chi connectivity index (χ1n) is 5.68. The molecule has 4 heteroatoms. The van der Waals surface area contributed by atoms with E-state index in [0.717, 1.165) is 17.1 Å². The van der Waals surface area contributed by atoms with Gasteiger partial charge >= 0.3 is 0 Å². The number of benzene rings is 2. The van der Waals surface area contributed by atoms with Gasteiger partial charge in [0, 0.05) is 12.8 Å². The number of methoxy groups -OCH3 is 1. The highest BCUT2D eigenvalue weighted by Gasteiger charge is 1.94. The van der Waals surface area contributed by atoms with Crippen LogP contribution in [0.3, 0.4) is 0 Å². The van der Waals surface area contributed by atoms with Gasteiger partial charge < -0.3 is 10.1 Å². The standard InChI is InChI=1S/C14H15N3O/c1-18-11-15-13-8-5-9-14(10-13)17-16-12-6-3-2-4-7-12/h2-10,15H,11H2,1H3. The largest absolute Gasteiger partial charge is 0.365 e. The molecular formula is C14H15N3O. The maximum Gasteiger partial charge on any atom is 0.116 e. The van der Waals surface area contributed by atoms with Gasteiger partial charge in [0.2, 0.25) is 0 Å². The van der Waals surface area contributed by atoms with Crippen LogP contribution < -0.4 is 5.32 Å². The van der Waals surface area contributed by atoms with Crippen LogP contribution in [0, 0.1) is 0 Å². The molecule has 0 unspecified atom stereocenters. The molecule has 0 atom stereocenters. The zero-order chi connectivity index (χ0) is 12.6. The fourth-order valence-corrected chi connectivity index (χ4v) is 1.44. The average molecular weight is 241 g/mol. The first-order valence-corrected chi connectivity index (χ1v) is 5.68. The summed E-state index contributed by atoms with van der Waals surface area (Å²) < 4.78 is 4.95. The second kappa shape index (κ2) is 6.51. The van der Waals surface area contributed by atoms with Gasteiger partial charge in [-0.2, -0.15) is 10.2 Å². The second-order valence-corrected chi connectivity index (χ2v) is 3.70. The molecule has 92 valence electrons. The van der Waals surface area contributed by atoms with Gasteiger partial charge in [0.05, 0.1) is 11.4 Å². The van der Waals surface area contributed by atoms with Crippen molar-refractivity contribution in [3.63, 3.8) is 0 Å². The molecule has 0 spiro atoms. The molecule has 0 fully saturated rings. The van der Waals surface area contributed by atoms with E-state index in [1.807, 2.05) is 54.6 Å². The Morgan fingerprint density at radius 2 is 1.67 bits per heavy atom. The number of nitrogens with one attached hydrogen (secondary N) is 1. The zero-order valence-corrected chi connectivity index (χ0v) is 10.2. The van der Waals surface area contributed by atoms with Crippen LogP contribution >= 0.6 is 0 Å². The summed E-state index contributed by atoms with van der Waals surface area (Å²) in [6, 6.07) is 17.4. The number of azo groups is 1. The predicted octanol–water partition coefficient (Wildman–Crippen LogP) is 4.12. The number of ether oxygens (including phenoxy) is 1. The summed E-state index contributed by atoms with van der Waals surface area (Å²) in [5, 5.41) is 11.5. The Labute approximate surface area is 106 Å². The monoisotopic (exact) mass is 241 g/mol. The summed E-state index contributed by atoms with van der Waals surface area (Å²) in [7, 11) is 1.64. The molecule has 0 saturated heterocycles. The molecule has 2 aromatic carbocycles. The number of anilines is 1. The fraction of sp³-hybridized carbons (Fsp3) is 0.143. The highest BCUT2D eigenvalue weighted by Crippen LogP contribution is 2.20. The highest BCUT2D eigenvalue weighted by atomic mass is 16.5. The van der Waals surface area contributed by atoms with Crippen molar-refractivity contribution in [3.05, 3.63) is 54.6 Å². The molecule has 0 aliphatic carbocycles. The smallest absolute Gasteiger partial charge is 0.116 e. The van der Waals surface area contributed by atoms with Crippen molar-refractivity contribution < 1.29 is 4.74 Å². The van der Waals surface area contributed by atoms with Crippen molar-refractivity contribution in [2.45, 2.75) is 0 Å². The van der Waals surface area contributed by atoms with Crippen LogP contribution in [0.5, 0.6) is 0 Å². The van der Waals surface area contributed by atoms with Gasteiger partial charge in [0.1, 0.15) is 6.73 Å². The number of hydrogen-bond acceptors (Lipinski definition) is 4. The Bertz CT molecular complexity index is 511. The summed E-state index contributed by atoms with van der Waals surface area (Å²) in [6.45, 7) is 0.472. The molecule has 0 aromatic heterocycles. The van der Waals surface area contributed by atoms with E-state index in [0.29, 0.717) is 6.73 Å². The molecule has 0 aliphatic rings. The third kappa shape index (κ3) is 3.68. The van der Waals surface area contributed by atoms with Crippen LogP contribution in [0.25, 0.3) is 0 Å². The quantitative estimate of drug-likeness (QED) is 0.632. The van der Waals surface area contributed by atoms with Gasteiger partial charge in [-0.3, -0.25) is 0 Å². The molecule has 0 heterocycles. The molecule has 2 rings (SSSR count). The van der Waals surface area contributed by atoms with E-state index in [9.17, 15) is 0 Å². The third-order valence-electron chi connectivity index (χ3n) is 2.30. The van der Waals surface area contributed by atoms with Gasteiger partial charge in [-0.1, -0.05) is 24.3 Å². The van der Waals surface area contributed by atoms with Crippen LogP contribution in [-0.4, -0.2) is 13.8 Å². The van der Waals surface area contributed by atoms with Crippen molar-refractivity contribution in [2.75, 3.05) is 19.2 Å². The van der Waals surface area contributed by atoms with E-state index in [1.165, 1.54) is 0 Å². The lowest BCUT2D eigenvalue weighted by Gasteiger charge is -2.04. The number of nitrogens with zero attached hydrogens (tertiary/aromatic N) is 2. The second-order valence-electron chi connectivity index (χ2n) is 3.70. The Morgan fingerprint density at radius 3 is 2.44 bits per heavy atom. The highest BCUT2D eigenvalue weighted by molar-refractivity contribution is 5.53. The maximum absolute atomic E-state index is 4.95. The van der Waals surface area contributed by atoms with E-state index in [1.54, 1.807) is 7.11 Å². The lowest BCUT2D eigenvalue weighted by molar-refractivity contribution is 0.221. The van der Waals surface area contributed by atoms with E-state index in [4.69, 9.17) is 4.74 Å². The summed E-state index contributed by atoms with van der Waals surface area (Å²) in [5.74, 6) is 0. The Kier molecular flexibility index (Phi) is 4.44. The minimum Gasteiger partial charge on any atom is -0.365 e. The number of hydrogen-bond donors (Lipinski definition) is 1. The maximum atomic E-state index is 4.95. The van der Waals surface area contributed by atoms with Crippen molar-refractivity contribution in [1.29, 1.82) is 0 Å². The van der Waals surface area contributed by atoms with Crippen molar-refractivity contribution in [3.8, 4) is 0 Å². The first kappa shape index (κ1) is 12.3. The Balaban J connectivity index is 2.07. The Morgan fingerprint density at radius 1 is 0.944 bits per heavy atom. The summed E-state index contributed by atoms with van der Waals surface area (Å²) in [6.07, 6.45) is 0. The molecule has 0 radical (unpaired) electrons. The van der Waals surface area contributed by atoms with Crippen molar-refractivity contribution in [2.24, 2.45) is 10.2 Å². The molecule has 18 heavy (non-hydrogen) atoms. The van der Waals surface area contributed by atoms with Gasteiger partial charge in [-0.25, -0.2) is 0 Å². The zero-order valence-electron chi connectivity index (χ0n) is 10.2. The molecule has 0 amide bonds. The number of rotatable bonds is 5. The molecule has 1 N–H and O–H groups in total. The summed E-state index contributed by atoms with van der Waals surface area (Å²) in [5.41, 5.74) is 2.61. The molecule has 0 bridgehead atoms. The minimum atomic E-state index is 0.472. The average Bonchev–Trinajstić information content (AvgIpc) is 2.44. The van der Waals surface area contributed by atoms with Gasteiger partial charge in [0.15, 0.2) is 0 Å². The predicted molar refractivity (Wildman–Crippen MR) is 72.6 cm³/mol. The lowest BCUT2D eigenvalue weighted by atomic mass is 10.3. The van der Waals surface area contributed by atoms with Gasteiger partial charge in [0.25, 0.3) is 0 Å². The summed E-state index contributed by atoms with van der Waals surface area (Å²) >= 11 is 0. The SMILES string of the molecule is COCNc1cccc(N=Nc2ccccc2)c1. The first-order chi connectivity index (χ1) is 8.88. The van der Waals surface area contributed by atoms with Gasteiger partial charge in [-0.05, 0) is 30.3 Å². The van der Waals surface area contributed by atoms with Crippen molar-refractivity contribution in [1.82, 2.24) is 0 Å².